The maximum atomic E-state index is 6.31. The number of alkyl halides is 1. The van der Waals surface area contributed by atoms with Crippen LogP contribution in [-0.2, 0) is 9.47 Å². The predicted octanol–water partition coefficient (Wildman–Crippen LogP) is 2.06. The zero-order chi connectivity index (χ0) is 9.03. The highest BCUT2D eigenvalue weighted by atomic mass is 35.5. The van der Waals surface area contributed by atoms with Gasteiger partial charge < -0.3 is 9.47 Å². The first-order chi connectivity index (χ1) is 5.67. The van der Waals surface area contributed by atoms with E-state index in [1.807, 2.05) is 6.92 Å². The van der Waals surface area contributed by atoms with E-state index in [0.717, 1.165) is 32.8 Å². The van der Waals surface area contributed by atoms with Gasteiger partial charge >= 0.3 is 0 Å². The molecule has 0 spiro atoms. The highest BCUT2D eigenvalue weighted by Crippen LogP contribution is 2.32. The lowest BCUT2D eigenvalue weighted by atomic mass is 9.90. The standard InChI is InChI=1S/C9H17ClO2/c1-3-11-6-8-7-12-5-4-9(8,2)10/h8H,3-7H2,1-2H3. The third-order valence-electron chi connectivity index (χ3n) is 2.43. The molecule has 0 radical (unpaired) electrons. The molecule has 2 atom stereocenters. The molecule has 72 valence electrons. The van der Waals surface area contributed by atoms with Crippen LogP contribution in [0.15, 0.2) is 0 Å². The van der Waals surface area contributed by atoms with Crippen molar-refractivity contribution in [1.82, 2.24) is 0 Å². The summed E-state index contributed by atoms with van der Waals surface area (Å²) < 4.78 is 10.7. The molecule has 0 aromatic heterocycles. The molecule has 0 aromatic carbocycles. The maximum Gasteiger partial charge on any atom is 0.0533 e. The Balaban J connectivity index is 2.37. The molecule has 0 N–H and O–H groups in total. The van der Waals surface area contributed by atoms with Gasteiger partial charge in [-0.05, 0) is 20.3 Å². The normalized spacial score (nSPS) is 36.8. The van der Waals surface area contributed by atoms with Gasteiger partial charge in [0.15, 0.2) is 0 Å². The minimum atomic E-state index is -0.132. The average molecular weight is 193 g/mol. The van der Waals surface area contributed by atoms with E-state index in [1.54, 1.807) is 0 Å². The smallest absolute Gasteiger partial charge is 0.0533 e. The summed E-state index contributed by atoms with van der Waals surface area (Å²) in [6, 6.07) is 0. The van der Waals surface area contributed by atoms with Crippen LogP contribution in [0.2, 0.25) is 0 Å². The van der Waals surface area contributed by atoms with Gasteiger partial charge in [0.2, 0.25) is 0 Å². The molecule has 0 aliphatic carbocycles. The molecule has 1 aliphatic rings. The van der Waals surface area contributed by atoms with E-state index in [0.29, 0.717) is 5.92 Å². The number of rotatable bonds is 3. The van der Waals surface area contributed by atoms with Crippen LogP contribution < -0.4 is 0 Å². The van der Waals surface area contributed by atoms with Crippen molar-refractivity contribution in [1.29, 1.82) is 0 Å². The monoisotopic (exact) mass is 192 g/mol. The summed E-state index contributed by atoms with van der Waals surface area (Å²) in [5, 5.41) is 0. The van der Waals surface area contributed by atoms with Crippen LogP contribution in [0.3, 0.4) is 0 Å². The first kappa shape index (κ1) is 10.3. The van der Waals surface area contributed by atoms with Crippen LogP contribution in [0, 0.1) is 5.92 Å². The fourth-order valence-electron chi connectivity index (χ4n) is 1.36. The van der Waals surface area contributed by atoms with Gasteiger partial charge in [0.25, 0.3) is 0 Å². The summed E-state index contributed by atoms with van der Waals surface area (Å²) in [6.07, 6.45) is 0.923. The topological polar surface area (TPSA) is 18.5 Å². The van der Waals surface area contributed by atoms with E-state index in [9.17, 15) is 0 Å². The summed E-state index contributed by atoms with van der Waals surface area (Å²) in [6.45, 7) is 7.05. The Labute approximate surface area is 79.2 Å². The van der Waals surface area contributed by atoms with E-state index in [4.69, 9.17) is 21.1 Å². The molecular formula is C9H17ClO2. The van der Waals surface area contributed by atoms with E-state index < -0.39 is 0 Å². The fourth-order valence-corrected chi connectivity index (χ4v) is 1.56. The molecule has 0 saturated carbocycles. The van der Waals surface area contributed by atoms with Crippen LogP contribution in [0.5, 0.6) is 0 Å². The predicted molar refractivity (Wildman–Crippen MR) is 49.7 cm³/mol. The molecule has 1 rings (SSSR count). The Bertz CT molecular complexity index is 136. The lowest BCUT2D eigenvalue weighted by Gasteiger charge is -2.35. The molecule has 0 amide bonds. The van der Waals surface area contributed by atoms with Crippen molar-refractivity contribution in [2.75, 3.05) is 26.4 Å². The van der Waals surface area contributed by atoms with Crippen LogP contribution in [0.1, 0.15) is 20.3 Å². The minimum Gasteiger partial charge on any atom is -0.381 e. The fraction of sp³-hybridized carbons (Fsp3) is 1.00. The zero-order valence-electron chi connectivity index (χ0n) is 7.81. The second kappa shape index (κ2) is 4.45. The third-order valence-corrected chi connectivity index (χ3v) is 2.93. The molecule has 2 unspecified atom stereocenters. The largest absolute Gasteiger partial charge is 0.381 e. The Hall–Kier alpha value is 0.210. The molecule has 1 fully saturated rings. The summed E-state index contributed by atoms with van der Waals surface area (Å²) in [4.78, 5) is -0.132. The number of hydrogen-bond donors (Lipinski definition) is 0. The minimum absolute atomic E-state index is 0.132. The van der Waals surface area contributed by atoms with Crippen molar-refractivity contribution in [2.24, 2.45) is 5.92 Å². The van der Waals surface area contributed by atoms with Gasteiger partial charge in [-0.15, -0.1) is 11.6 Å². The number of halogens is 1. The van der Waals surface area contributed by atoms with Gasteiger partial charge in [-0.25, -0.2) is 0 Å². The van der Waals surface area contributed by atoms with E-state index in [1.165, 1.54) is 0 Å². The van der Waals surface area contributed by atoms with Gasteiger partial charge in [-0.2, -0.15) is 0 Å². The van der Waals surface area contributed by atoms with Crippen LogP contribution in [0.25, 0.3) is 0 Å². The van der Waals surface area contributed by atoms with E-state index in [2.05, 4.69) is 6.92 Å². The van der Waals surface area contributed by atoms with Gasteiger partial charge in [0.05, 0.1) is 18.1 Å². The van der Waals surface area contributed by atoms with Gasteiger partial charge in [-0.1, -0.05) is 0 Å². The summed E-state index contributed by atoms with van der Waals surface area (Å²) in [5.41, 5.74) is 0. The SMILES string of the molecule is CCOCC1COCCC1(C)Cl. The molecule has 0 aromatic rings. The Morgan fingerprint density at radius 3 is 3.00 bits per heavy atom. The summed E-state index contributed by atoms with van der Waals surface area (Å²) in [7, 11) is 0. The molecule has 3 heteroatoms. The Morgan fingerprint density at radius 1 is 1.67 bits per heavy atom. The maximum absolute atomic E-state index is 6.31. The number of ether oxygens (including phenoxy) is 2. The molecule has 1 saturated heterocycles. The average Bonchev–Trinajstić information content (AvgIpc) is 2.02. The molecule has 1 aliphatic heterocycles. The quantitative estimate of drug-likeness (QED) is 0.638. The van der Waals surface area contributed by atoms with Crippen LogP contribution >= 0.6 is 11.6 Å². The lowest BCUT2D eigenvalue weighted by molar-refractivity contribution is -0.0102. The first-order valence-electron chi connectivity index (χ1n) is 4.51. The zero-order valence-corrected chi connectivity index (χ0v) is 8.56. The van der Waals surface area contributed by atoms with Crippen LogP contribution in [0.4, 0.5) is 0 Å². The number of hydrogen-bond acceptors (Lipinski definition) is 2. The molecular weight excluding hydrogens is 176 g/mol. The molecule has 0 bridgehead atoms. The van der Waals surface area contributed by atoms with Crippen molar-refractivity contribution in [3.8, 4) is 0 Å². The van der Waals surface area contributed by atoms with Crippen molar-refractivity contribution in [2.45, 2.75) is 25.1 Å². The molecule has 2 nitrogen and oxygen atoms in total. The van der Waals surface area contributed by atoms with Gasteiger partial charge in [0, 0.05) is 19.1 Å². The van der Waals surface area contributed by atoms with Crippen molar-refractivity contribution in [3.05, 3.63) is 0 Å². The van der Waals surface area contributed by atoms with Gasteiger partial charge in [-0.3, -0.25) is 0 Å². The highest BCUT2D eigenvalue weighted by Gasteiger charge is 2.35. The third kappa shape index (κ3) is 2.61. The van der Waals surface area contributed by atoms with Crippen molar-refractivity contribution >= 4 is 11.6 Å². The summed E-state index contributed by atoms with van der Waals surface area (Å²) in [5.74, 6) is 0.341. The van der Waals surface area contributed by atoms with E-state index in [-0.39, 0.29) is 4.87 Å². The van der Waals surface area contributed by atoms with Gasteiger partial charge in [0.1, 0.15) is 0 Å². The lowest BCUT2D eigenvalue weighted by Crippen LogP contribution is -2.40. The van der Waals surface area contributed by atoms with Crippen LogP contribution in [-0.4, -0.2) is 31.3 Å². The molecule has 12 heavy (non-hydrogen) atoms. The Morgan fingerprint density at radius 2 is 2.42 bits per heavy atom. The molecule has 1 heterocycles. The first-order valence-corrected chi connectivity index (χ1v) is 4.89. The Kier molecular flexibility index (Phi) is 3.81. The summed E-state index contributed by atoms with van der Waals surface area (Å²) >= 11 is 6.31. The van der Waals surface area contributed by atoms with Crippen molar-refractivity contribution in [3.63, 3.8) is 0 Å². The highest BCUT2D eigenvalue weighted by molar-refractivity contribution is 6.23. The van der Waals surface area contributed by atoms with E-state index >= 15 is 0 Å². The second-order valence-corrected chi connectivity index (χ2v) is 4.32. The second-order valence-electron chi connectivity index (χ2n) is 3.46. The van der Waals surface area contributed by atoms with Crippen molar-refractivity contribution < 1.29 is 9.47 Å².